The van der Waals surface area contributed by atoms with Crippen molar-refractivity contribution in [2.75, 3.05) is 7.11 Å². The molecule has 3 heteroatoms. The Morgan fingerprint density at radius 2 is 2.20 bits per heavy atom. The monoisotopic (exact) mass is 204 g/mol. The van der Waals surface area contributed by atoms with E-state index in [-0.39, 0.29) is 0 Å². The minimum absolute atomic E-state index is 0.514. The summed E-state index contributed by atoms with van der Waals surface area (Å²) in [5.41, 5.74) is 7.91. The maximum Gasteiger partial charge on any atom is 0.103 e. The van der Waals surface area contributed by atoms with Crippen LogP contribution in [0.15, 0.2) is 29.3 Å². The number of benzene rings is 1. The quantitative estimate of drug-likeness (QED) is 0.604. The van der Waals surface area contributed by atoms with Crippen LogP contribution < -0.4 is 5.73 Å². The summed E-state index contributed by atoms with van der Waals surface area (Å²) < 4.78 is 5.12. The molecule has 0 radical (unpaired) electrons. The molecule has 1 fully saturated rings. The van der Waals surface area contributed by atoms with Crippen LogP contribution in [-0.4, -0.2) is 12.9 Å². The number of aliphatic imine (C=N–C) groups is 1. The van der Waals surface area contributed by atoms with Gasteiger partial charge in [0.15, 0.2) is 0 Å². The number of ether oxygens (including phenoxy) is 1. The maximum absolute atomic E-state index is 5.89. The van der Waals surface area contributed by atoms with Crippen LogP contribution in [0.3, 0.4) is 0 Å². The van der Waals surface area contributed by atoms with Gasteiger partial charge < -0.3 is 10.5 Å². The third-order valence-electron chi connectivity index (χ3n) is 2.54. The van der Waals surface area contributed by atoms with E-state index in [0.29, 0.717) is 12.5 Å². The zero-order valence-corrected chi connectivity index (χ0v) is 8.94. The summed E-state index contributed by atoms with van der Waals surface area (Å²) in [7, 11) is 1.69. The average Bonchev–Trinajstić information content (AvgIpc) is 3.04. The van der Waals surface area contributed by atoms with E-state index in [1.165, 1.54) is 12.8 Å². The Morgan fingerprint density at radius 1 is 1.47 bits per heavy atom. The fourth-order valence-electron chi connectivity index (χ4n) is 1.51. The molecule has 1 aliphatic rings. The zero-order valence-electron chi connectivity index (χ0n) is 8.94. The molecule has 0 unspecified atom stereocenters. The molecule has 1 aromatic rings. The van der Waals surface area contributed by atoms with Crippen molar-refractivity contribution in [3.05, 3.63) is 29.8 Å². The predicted molar refractivity (Wildman–Crippen MR) is 61.2 cm³/mol. The fourth-order valence-corrected chi connectivity index (χ4v) is 1.51. The summed E-state index contributed by atoms with van der Waals surface area (Å²) in [6, 6.07) is 7.95. The summed E-state index contributed by atoms with van der Waals surface area (Å²) in [5.74, 6) is 1.28. The van der Waals surface area contributed by atoms with Crippen molar-refractivity contribution < 1.29 is 4.74 Å². The molecule has 2 rings (SSSR count). The summed E-state index contributed by atoms with van der Waals surface area (Å²) in [6.07, 6.45) is 2.36. The minimum atomic E-state index is 0.514. The van der Waals surface area contributed by atoms with Gasteiger partial charge in [-0.1, -0.05) is 18.2 Å². The van der Waals surface area contributed by atoms with E-state index in [4.69, 9.17) is 10.5 Å². The molecule has 0 heterocycles. The van der Waals surface area contributed by atoms with E-state index < -0.39 is 0 Å². The highest BCUT2D eigenvalue weighted by Gasteiger charge is 2.25. The van der Waals surface area contributed by atoms with E-state index in [0.717, 1.165) is 17.1 Å². The molecule has 15 heavy (non-hydrogen) atoms. The van der Waals surface area contributed by atoms with Crippen LogP contribution in [0.1, 0.15) is 18.4 Å². The highest BCUT2D eigenvalue weighted by atomic mass is 16.5. The highest BCUT2D eigenvalue weighted by Crippen LogP contribution is 2.30. The first-order valence-electron chi connectivity index (χ1n) is 5.22. The van der Waals surface area contributed by atoms with E-state index in [1.54, 1.807) is 7.11 Å². The molecule has 0 aromatic heterocycles. The molecule has 0 bridgehead atoms. The van der Waals surface area contributed by atoms with Crippen LogP contribution >= 0.6 is 0 Å². The van der Waals surface area contributed by atoms with Crippen molar-refractivity contribution in [2.45, 2.75) is 19.4 Å². The number of nitrogens with two attached hydrogens (primary N) is 1. The van der Waals surface area contributed by atoms with Crippen molar-refractivity contribution in [3.63, 3.8) is 0 Å². The summed E-state index contributed by atoms with van der Waals surface area (Å²) in [4.78, 5) is 4.45. The predicted octanol–water partition coefficient (Wildman–Crippen LogP) is 2.23. The molecule has 1 aliphatic carbocycles. The second-order valence-corrected chi connectivity index (χ2v) is 3.87. The van der Waals surface area contributed by atoms with Crippen LogP contribution in [0.2, 0.25) is 0 Å². The summed E-state index contributed by atoms with van der Waals surface area (Å²) >= 11 is 0. The molecule has 0 spiro atoms. The highest BCUT2D eigenvalue weighted by molar-refractivity contribution is 5.87. The number of nitrogens with zero attached hydrogens (tertiary/aromatic N) is 1. The van der Waals surface area contributed by atoms with Gasteiger partial charge in [0, 0.05) is 18.6 Å². The lowest BCUT2D eigenvalue weighted by Gasteiger charge is -2.05. The molecule has 0 atom stereocenters. The third-order valence-corrected chi connectivity index (χ3v) is 2.54. The van der Waals surface area contributed by atoms with Gasteiger partial charge in [0.1, 0.15) is 5.84 Å². The zero-order chi connectivity index (χ0) is 10.7. The second kappa shape index (κ2) is 4.45. The number of hydrogen-bond donors (Lipinski definition) is 1. The van der Waals surface area contributed by atoms with Crippen molar-refractivity contribution in [2.24, 2.45) is 16.6 Å². The molecule has 0 amide bonds. The Labute approximate surface area is 90.0 Å². The van der Waals surface area contributed by atoms with E-state index >= 15 is 0 Å². The number of para-hydroxylation sites is 1. The molecule has 2 N–H and O–H groups in total. The van der Waals surface area contributed by atoms with Gasteiger partial charge in [-0.15, -0.1) is 0 Å². The van der Waals surface area contributed by atoms with Gasteiger partial charge in [0.25, 0.3) is 0 Å². The molecule has 1 saturated carbocycles. The van der Waals surface area contributed by atoms with Crippen LogP contribution in [-0.2, 0) is 11.3 Å². The molecule has 1 aromatic carbocycles. The molecule has 0 saturated heterocycles. The van der Waals surface area contributed by atoms with Gasteiger partial charge >= 0.3 is 0 Å². The number of methoxy groups -OCH3 is 1. The van der Waals surface area contributed by atoms with Crippen LogP contribution in [0.5, 0.6) is 0 Å². The minimum Gasteiger partial charge on any atom is -0.387 e. The number of rotatable bonds is 4. The van der Waals surface area contributed by atoms with Gasteiger partial charge in [-0.05, 0) is 18.9 Å². The number of amidine groups is 1. The van der Waals surface area contributed by atoms with Crippen molar-refractivity contribution in [1.82, 2.24) is 0 Å². The lowest BCUT2D eigenvalue weighted by atomic mass is 10.2. The van der Waals surface area contributed by atoms with Gasteiger partial charge in [-0.2, -0.15) is 0 Å². The largest absolute Gasteiger partial charge is 0.387 e. The smallest absolute Gasteiger partial charge is 0.103 e. The molecule has 3 nitrogen and oxygen atoms in total. The van der Waals surface area contributed by atoms with E-state index in [9.17, 15) is 0 Å². The van der Waals surface area contributed by atoms with Crippen LogP contribution in [0.25, 0.3) is 0 Å². The molecular weight excluding hydrogens is 188 g/mol. The lowest BCUT2D eigenvalue weighted by Crippen LogP contribution is -2.13. The molecular formula is C12H16N2O. The topological polar surface area (TPSA) is 47.6 Å². The Bertz CT molecular complexity index is 370. The second-order valence-electron chi connectivity index (χ2n) is 3.87. The summed E-state index contributed by atoms with van der Waals surface area (Å²) in [6.45, 7) is 0.581. The van der Waals surface area contributed by atoms with Crippen molar-refractivity contribution >= 4 is 11.5 Å². The standard InChI is InChI=1S/C12H16N2O/c1-15-8-10-4-2-3-5-11(10)14-12(13)9-6-7-9/h2-5,9H,6-8H2,1H3,(H2,13,14). The fraction of sp³-hybridized carbons (Fsp3) is 0.417. The Kier molecular flexibility index (Phi) is 3.02. The van der Waals surface area contributed by atoms with Gasteiger partial charge in [-0.25, -0.2) is 4.99 Å². The first-order chi connectivity index (χ1) is 7.31. The molecule has 0 aliphatic heterocycles. The van der Waals surface area contributed by atoms with Crippen LogP contribution in [0.4, 0.5) is 5.69 Å². The first kappa shape index (κ1) is 10.2. The lowest BCUT2D eigenvalue weighted by molar-refractivity contribution is 0.185. The average molecular weight is 204 g/mol. The van der Waals surface area contributed by atoms with E-state index in [1.807, 2.05) is 24.3 Å². The van der Waals surface area contributed by atoms with Crippen molar-refractivity contribution in [3.8, 4) is 0 Å². The van der Waals surface area contributed by atoms with E-state index in [2.05, 4.69) is 4.99 Å². The Balaban J connectivity index is 2.21. The molecule has 80 valence electrons. The maximum atomic E-state index is 5.89. The van der Waals surface area contributed by atoms with Crippen LogP contribution in [0, 0.1) is 5.92 Å². The van der Waals surface area contributed by atoms with Gasteiger partial charge in [0.05, 0.1) is 12.3 Å². The summed E-state index contributed by atoms with van der Waals surface area (Å²) in [5, 5.41) is 0. The third kappa shape index (κ3) is 2.57. The van der Waals surface area contributed by atoms with Crippen molar-refractivity contribution in [1.29, 1.82) is 0 Å². The number of hydrogen-bond acceptors (Lipinski definition) is 2. The Morgan fingerprint density at radius 3 is 2.87 bits per heavy atom. The normalized spacial score (nSPS) is 16.7. The van der Waals surface area contributed by atoms with Gasteiger partial charge in [0.2, 0.25) is 0 Å². The first-order valence-corrected chi connectivity index (χ1v) is 5.22. The SMILES string of the molecule is COCc1ccccc1N=C(N)C1CC1. The Hall–Kier alpha value is -1.35. The van der Waals surface area contributed by atoms with Gasteiger partial charge in [-0.3, -0.25) is 0 Å².